The molecule has 2 heterocycles. The van der Waals surface area contributed by atoms with Crippen LogP contribution in [0.25, 0.3) is 11.3 Å². The average molecular weight is 451 g/mol. The molecule has 1 aromatic carbocycles. The Morgan fingerprint density at radius 2 is 1.97 bits per heavy atom. The summed E-state index contributed by atoms with van der Waals surface area (Å²) in [6.07, 6.45) is -0.449. The Hall–Kier alpha value is -3.50. The molecule has 172 valence electrons. The Morgan fingerprint density at radius 1 is 1.25 bits per heavy atom. The number of benzene rings is 1. The minimum Gasteiger partial charge on any atom is -0.481 e. The monoisotopic (exact) mass is 451 g/mol. The molecule has 1 fully saturated rings. The van der Waals surface area contributed by atoms with Crippen molar-refractivity contribution in [3.8, 4) is 11.3 Å². The zero-order valence-electron chi connectivity index (χ0n) is 17.7. The van der Waals surface area contributed by atoms with E-state index in [1.807, 2.05) is 0 Å². The molecule has 1 aromatic heterocycles. The minimum atomic E-state index is -1.18. The van der Waals surface area contributed by atoms with Gasteiger partial charge in [0.2, 0.25) is 0 Å². The van der Waals surface area contributed by atoms with Crippen LogP contribution in [0, 0.1) is 17.6 Å². The molecule has 9 nitrogen and oxygen atoms in total. The Kier molecular flexibility index (Phi) is 6.47. The van der Waals surface area contributed by atoms with Crippen molar-refractivity contribution in [3.05, 3.63) is 41.6 Å². The molecule has 0 spiro atoms. The lowest BCUT2D eigenvalue weighted by Gasteiger charge is -2.37. The first-order valence-electron chi connectivity index (χ1n) is 9.88. The zero-order chi connectivity index (χ0) is 23.6. The number of carbonyl (C=O) groups is 3. The maximum Gasteiger partial charge on any atom is 0.410 e. The number of carboxylic acids is 1. The standard InChI is InChI=1S/C21H23F2N3O6/c1-21(2,3)31-20(30)26-7-6-15(13(10-26)19(28)29)24-18(27)16-9-17(32-25-16)12-5-4-11(22)8-14(12)23/h4-5,8-9,13,15H,6-7,10H2,1-3H3,(H,24,27)(H,28,29)/t13-,15-/m0/s1. The largest absolute Gasteiger partial charge is 0.481 e. The first-order chi connectivity index (χ1) is 14.9. The minimum absolute atomic E-state index is 0.0768. The van der Waals surface area contributed by atoms with Crippen LogP contribution in [0.4, 0.5) is 13.6 Å². The maximum atomic E-state index is 13.9. The highest BCUT2D eigenvalue weighted by atomic mass is 19.1. The summed E-state index contributed by atoms with van der Waals surface area (Å²) < 4.78 is 37.3. The Bertz CT molecular complexity index is 1030. The van der Waals surface area contributed by atoms with Gasteiger partial charge in [-0.15, -0.1) is 0 Å². The summed E-state index contributed by atoms with van der Waals surface area (Å²) in [6.45, 7) is 5.16. The van der Waals surface area contributed by atoms with Crippen molar-refractivity contribution < 1.29 is 37.5 Å². The second-order valence-corrected chi connectivity index (χ2v) is 8.44. The summed E-state index contributed by atoms with van der Waals surface area (Å²) in [7, 11) is 0. The predicted octanol–water partition coefficient (Wildman–Crippen LogP) is 3.06. The lowest BCUT2D eigenvalue weighted by atomic mass is 9.92. The number of likely N-dealkylation sites (tertiary alicyclic amines) is 1. The zero-order valence-corrected chi connectivity index (χ0v) is 17.7. The molecular formula is C21H23F2N3O6. The number of hydrogen-bond donors (Lipinski definition) is 2. The third kappa shape index (κ3) is 5.40. The van der Waals surface area contributed by atoms with E-state index in [9.17, 15) is 28.3 Å². The van der Waals surface area contributed by atoms with E-state index in [-0.39, 0.29) is 36.5 Å². The van der Waals surface area contributed by atoms with E-state index < -0.39 is 47.2 Å². The summed E-state index contributed by atoms with van der Waals surface area (Å²) in [5.74, 6) is -4.69. The number of aromatic nitrogens is 1. The second kappa shape index (κ2) is 8.93. The normalized spacial score (nSPS) is 18.8. The number of hydrogen-bond acceptors (Lipinski definition) is 6. The smallest absolute Gasteiger partial charge is 0.410 e. The van der Waals surface area contributed by atoms with E-state index in [1.54, 1.807) is 20.8 Å². The predicted molar refractivity (Wildman–Crippen MR) is 107 cm³/mol. The fourth-order valence-electron chi connectivity index (χ4n) is 3.31. The molecule has 0 unspecified atom stereocenters. The van der Waals surface area contributed by atoms with Crippen LogP contribution in [-0.2, 0) is 9.53 Å². The number of nitrogens with one attached hydrogen (secondary N) is 1. The molecule has 2 aromatic rings. The van der Waals surface area contributed by atoms with Crippen LogP contribution in [0.3, 0.4) is 0 Å². The van der Waals surface area contributed by atoms with Gasteiger partial charge in [0, 0.05) is 31.3 Å². The quantitative estimate of drug-likeness (QED) is 0.733. The van der Waals surface area contributed by atoms with Crippen molar-refractivity contribution in [2.75, 3.05) is 13.1 Å². The van der Waals surface area contributed by atoms with Crippen LogP contribution in [0.15, 0.2) is 28.8 Å². The first-order valence-corrected chi connectivity index (χ1v) is 9.88. The van der Waals surface area contributed by atoms with Gasteiger partial charge in [-0.05, 0) is 39.3 Å². The molecule has 0 bridgehead atoms. The highest BCUT2D eigenvalue weighted by molar-refractivity contribution is 5.93. The molecule has 11 heteroatoms. The Labute approximate surface area is 182 Å². The van der Waals surface area contributed by atoms with Gasteiger partial charge >= 0.3 is 12.1 Å². The summed E-state index contributed by atoms with van der Waals surface area (Å²) >= 11 is 0. The summed E-state index contributed by atoms with van der Waals surface area (Å²) in [5, 5.41) is 15.8. The maximum absolute atomic E-state index is 13.9. The van der Waals surface area contributed by atoms with Crippen molar-refractivity contribution >= 4 is 18.0 Å². The van der Waals surface area contributed by atoms with Crippen molar-refractivity contribution in [1.29, 1.82) is 0 Å². The third-order valence-electron chi connectivity index (χ3n) is 4.84. The van der Waals surface area contributed by atoms with Crippen LogP contribution < -0.4 is 5.32 Å². The van der Waals surface area contributed by atoms with Gasteiger partial charge in [-0.1, -0.05) is 5.16 Å². The molecule has 3 rings (SSSR count). The van der Waals surface area contributed by atoms with Gasteiger partial charge in [-0.3, -0.25) is 9.59 Å². The van der Waals surface area contributed by atoms with Gasteiger partial charge in [0.25, 0.3) is 5.91 Å². The van der Waals surface area contributed by atoms with E-state index in [0.717, 1.165) is 12.1 Å². The van der Waals surface area contributed by atoms with Gasteiger partial charge < -0.3 is 24.6 Å². The number of ether oxygens (including phenoxy) is 1. The number of amides is 2. The van der Waals surface area contributed by atoms with E-state index in [4.69, 9.17) is 9.26 Å². The van der Waals surface area contributed by atoms with Crippen LogP contribution >= 0.6 is 0 Å². The van der Waals surface area contributed by atoms with Crippen LogP contribution in [-0.4, -0.2) is 57.9 Å². The SMILES string of the molecule is CC(C)(C)OC(=O)N1CC[C@H](NC(=O)c2cc(-c3ccc(F)cc3F)on2)[C@@H](C(=O)O)C1. The van der Waals surface area contributed by atoms with Gasteiger partial charge in [-0.25, -0.2) is 13.6 Å². The molecule has 1 aliphatic rings. The molecule has 32 heavy (non-hydrogen) atoms. The number of halogens is 2. The second-order valence-electron chi connectivity index (χ2n) is 8.44. The topological polar surface area (TPSA) is 122 Å². The van der Waals surface area contributed by atoms with E-state index in [1.165, 1.54) is 11.0 Å². The van der Waals surface area contributed by atoms with Gasteiger partial charge in [0.1, 0.15) is 17.2 Å². The fraction of sp³-hybridized carbons (Fsp3) is 0.429. The number of piperidine rings is 1. The summed E-state index contributed by atoms with van der Waals surface area (Å²) in [5.41, 5.74) is -0.996. The molecule has 2 atom stereocenters. The first kappa shape index (κ1) is 23.2. The van der Waals surface area contributed by atoms with Crippen molar-refractivity contribution in [2.24, 2.45) is 5.92 Å². The third-order valence-corrected chi connectivity index (χ3v) is 4.84. The highest BCUT2D eigenvalue weighted by Gasteiger charge is 2.38. The van der Waals surface area contributed by atoms with Crippen molar-refractivity contribution in [2.45, 2.75) is 38.8 Å². The highest BCUT2D eigenvalue weighted by Crippen LogP contribution is 2.25. The lowest BCUT2D eigenvalue weighted by molar-refractivity contribution is -0.144. The van der Waals surface area contributed by atoms with Gasteiger partial charge in [-0.2, -0.15) is 0 Å². The van der Waals surface area contributed by atoms with Gasteiger partial charge in [0.05, 0.1) is 11.5 Å². The summed E-state index contributed by atoms with van der Waals surface area (Å²) in [4.78, 5) is 37.9. The number of carboxylic acid groups (broad SMARTS) is 1. The summed E-state index contributed by atoms with van der Waals surface area (Å²) in [6, 6.07) is 3.27. The van der Waals surface area contributed by atoms with E-state index in [0.29, 0.717) is 6.07 Å². The number of nitrogens with zero attached hydrogens (tertiary/aromatic N) is 2. The Balaban J connectivity index is 1.69. The number of rotatable bonds is 4. The number of carbonyl (C=O) groups excluding carboxylic acids is 2. The van der Waals surface area contributed by atoms with Crippen LogP contribution in [0.5, 0.6) is 0 Å². The van der Waals surface area contributed by atoms with Crippen molar-refractivity contribution in [1.82, 2.24) is 15.4 Å². The van der Waals surface area contributed by atoms with Crippen molar-refractivity contribution in [3.63, 3.8) is 0 Å². The van der Waals surface area contributed by atoms with Gasteiger partial charge in [0.15, 0.2) is 11.5 Å². The van der Waals surface area contributed by atoms with E-state index in [2.05, 4.69) is 10.5 Å². The van der Waals surface area contributed by atoms with Crippen LogP contribution in [0.1, 0.15) is 37.7 Å². The molecule has 1 saturated heterocycles. The van der Waals surface area contributed by atoms with Crippen LogP contribution in [0.2, 0.25) is 0 Å². The Morgan fingerprint density at radius 3 is 2.59 bits per heavy atom. The fourth-order valence-corrected chi connectivity index (χ4v) is 3.31. The van der Waals surface area contributed by atoms with E-state index >= 15 is 0 Å². The molecule has 2 N–H and O–H groups in total. The molecule has 1 aliphatic heterocycles. The molecule has 0 radical (unpaired) electrons. The average Bonchev–Trinajstić information content (AvgIpc) is 3.16. The lowest BCUT2D eigenvalue weighted by Crippen LogP contribution is -2.55. The molecule has 0 saturated carbocycles. The molecule has 0 aliphatic carbocycles. The molecule has 2 amide bonds. The number of aliphatic carboxylic acids is 1. The molecular weight excluding hydrogens is 428 g/mol.